The number of benzene rings is 2. The number of methoxy groups -OCH3 is 1. The normalized spacial score (nSPS) is 15.9. The molecule has 0 N–H and O–H groups in total. The lowest BCUT2D eigenvalue weighted by Gasteiger charge is -2.34. The average molecular weight is 425 g/mol. The van der Waals surface area contributed by atoms with Crippen molar-refractivity contribution < 1.29 is 14.3 Å². The van der Waals surface area contributed by atoms with E-state index >= 15 is 0 Å². The predicted molar refractivity (Wildman–Crippen MR) is 122 cm³/mol. The Morgan fingerprint density at radius 1 is 1.03 bits per heavy atom. The molecule has 1 amide bonds. The molecular formula is C24H28N2O3S. The van der Waals surface area contributed by atoms with Crippen LogP contribution in [0.25, 0.3) is 6.08 Å². The Morgan fingerprint density at radius 2 is 1.70 bits per heavy atom. The minimum Gasteiger partial charge on any atom is -0.468 e. The molecule has 1 aliphatic rings. The maximum Gasteiger partial charge on any atom is 0.318 e. The van der Waals surface area contributed by atoms with Crippen LogP contribution in [0.1, 0.15) is 22.8 Å². The van der Waals surface area contributed by atoms with Gasteiger partial charge < -0.3 is 9.64 Å². The summed E-state index contributed by atoms with van der Waals surface area (Å²) >= 11 is 1.36. The Labute approximate surface area is 182 Å². The van der Waals surface area contributed by atoms with Gasteiger partial charge in [-0.2, -0.15) is 0 Å². The number of piperazine rings is 1. The Morgan fingerprint density at radius 3 is 2.40 bits per heavy atom. The third-order valence-electron chi connectivity index (χ3n) is 5.09. The number of hydrogen-bond acceptors (Lipinski definition) is 5. The maximum atomic E-state index is 13.1. The van der Waals surface area contributed by atoms with E-state index in [-0.39, 0.29) is 17.1 Å². The largest absolute Gasteiger partial charge is 0.468 e. The molecule has 2 aromatic rings. The third kappa shape index (κ3) is 5.97. The number of carbonyl (C=O) groups is 2. The second kappa shape index (κ2) is 11.0. The van der Waals surface area contributed by atoms with Gasteiger partial charge in [-0.25, -0.2) is 0 Å². The van der Waals surface area contributed by atoms with E-state index in [1.54, 1.807) is 6.92 Å². The zero-order valence-corrected chi connectivity index (χ0v) is 18.3. The molecule has 6 heteroatoms. The number of nitrogens with zero attached hydrogens (tertiary/aromatic N) is 2. The minimum absolute atomic E-state index is 0.0228. The first-order chi connectivity index (χ1) is 14.6. The van der Waals surface area contributed by atoms with Crippen molar-refractivity contribution in [3.05, 3.63) is 71.8 Å². The Balaban J connectivity index is 1.55. The lowest BCUT2D eigenvalue weighted by Crippen LogP contribution is -2.48. The Kier molecular flexibility index (Phi) is 8.11. The summed E-state index contributed by atoms with van der Waals surface area (Å²) in [5, 5.41) is -0.364. The highest BCUT2D eigenvalue weighted by Crippen LogP contribution is 2.28. The van der Waals surface area contributed by atoms with Crippen LogP contribution in [-0.4, -0.2) is 66.8 Å². The van der Waals surface area contributed by atoms with Gasteiger partial charge in [-0.3, -0.25) is 14.5 Å². The smallest absolute Gasteiger partial charge is 0.318 e. The van der Waals surface area contributed by atoms with Gasteiger partial charge in [0.1, 0.15) is 5.25 Å². The van der Waals surface area contributed by atoms with Gasteiger partial charge in [0.05, 0.1) is 12.7 Å². The predicted octanol–water partition coefficient (Wildman–Crippen LogP) is 3.81. The van der Waals surface area contributed by atoms with Gasteiger partial charge in [-0.15, -0.1) is 11.8 Å². The van der Waals surface area contributed by atoms with Gasteiger partial charge in [0, 0.05) is 37.6 Å². The van der Waals surface area contributed by atoms with Gasteiger partial charge in [0.2, 0.25) is 0 Å². The van der Waals surface area contributed by atoms with Crippen molar-refractivity contribution in [1.82, 2.24) is 9.80 Å². The van der Waals surface area contributed by atoms with Crippen LogP contribution < -0.4 is 0 Å². The molecule has 0 radical (unpaired) electrons. The van der Waals surface area contributed by atoms with Crippen LogP contribution in [0, 0.1) is 0 Å². The summed E-state index contributed by atoms with van der Waals surface area (Å²) in [7, 11) is 1.38. The highest BCUT2D eigenvalue weighted by atomic mass is 32.2. The first-order valence-corrected chi connectivity index (χ1v) is 11.0. The molecule has 1 aliphatic heterocycles. The zero-order chi connectivity index (χ0) is 21.3. The second-order valence-corrected chi connectivity index (χ2v) is 8.57. The molecule has 0 aromatic heterocycles. The quantitative estimate of drug-likeness (QED) is 0.500. The maximum absolute atomic E-state index is 13.1. The van der Waals surface area contributed by atoms with Gasteiger partial charge in [-0.1, -0.05) is 54.6 Å². The molecule has 0 spiro atoms. The molecule has 1 saturated heterocycles. The van der Waals surface area contributed by atoms with Crippen LogP contribution >= 0.6 is 11.8 Å². The van der Waals surface area contributed by atoms with Crippen molar-refractivity contribution >= 4 is 29.7 Å². The number of amides is 1. The van der Waals surface area contributed by atoms with Gasteiger partial charge in [0.15, 0.2) is 0 Å². The van der Waals surface area contributed by atoms with Gasteiger partial charge in [-0.05, 0) is 24.6 Å². The number of ether oxygens (including phenoxy) is 1. The fourth-order valence-corrected chi connectivity index (χ4v) is 4.37. The molecule has 3 rings (SSSR count). The van der Waals surface area contributed by atoms with Crippen LogP contribution in [0.4, 0.5) is 0 Å². The number of carbonyl (C=O) groups excluding carboxylic acids is 2. The number of hydrogen-bond donors (Lipinski definition) is 0. The van der Waals surface area contributed by atoms with Crippen LogP contribution in [0.2, 0.25) is 0 Å². The summed E-state index contributed by atoms with van der Waals surface area (Å²) in [4.78, 5) is 29.9. The van der Waals surface area contributed by atoms with Crippen molar-refractivity contribution in [2.45, 2.75) is 17.1 Å². The van der Waals surface area contributed by atoms with Crippen LogP contribution in [0.3, 0.4) is 0 Å². The Hall–Kier alpha value is -2.57. The van der Waals surface area contributed by atoms with Gasteiger partial charge >= 0.3 is 5.97 Å². The molecule has 0 bridgehead atoms. The molecule has 1 unspecified atom stereocenters. The number of esters is 1. The molecule has 2 aromatic carbocycles. The van der Waals surface area contributed by atoms with E-state index in [0.29, 0.717) is 18.7 Å². The van der Waals surface area contributed by atoms with Crippen molar-refractivity contribution in [3.63, 3.8) is 0 Å². The molecule has 1 atom stereocenters. The van der Waals surface area contributed by atoms with E-state index in [4.69, 9.17) is 4.74 Å². The van der Waals surface area contributed by atoms with Crippen LogP contribution in [0.15, 0.2) is 65.6 Å². The molecule has 1 fully saturated rings. The summed E-state index contributed by atoms with van der Waals surface area (Å²) in [6, 6.07) is 17.7. The fraction of sp³-hybridized carbons (Fsp3) is 0.333. The fourth-order valence-electron chi connectivity index (χ4n) is 3.36. The van der Waals surface area contributed by atoms with Crippen LogP contribution in [0.5, 0.6) is 0 Å². The molecule has 5 nitrogen and oxygen atoms in total. The van der Waals surface area contributed by atoms with Crippen molar-refractivity contribution in [3.8, 4) is 0 Å². The zero-order valence-electron chi connectivity index (χ0n) is 17.5. The number of rotatable bonds is 7. The summed E-state index contributed by atoms with van der Waals surface area (Å²) < 4.78 is 4.81. The lowest BCUT2D eigenvalue weighted by molar-refractivity contribution is -0.139. The first-order valence-electron chi connectivity index (χ1n) is 10.1. The summed E-state index contributed by atoms with van der Waals surface area (Å²) in [5.74, 6) is -0.269. The molecule has 30 heavy (non-hydrogen) atoms. The lowest BCUT2D eigenvalue weighted by atomic mass is 10.1. The first kappa shape index (κ1) is 22.1. The summed E-state index contributed by atoms with van der Waals surface area (Å²) in [6.07, 6.45) is 4.31. The highest BCUT2D eigenvalue weighted by Gasteiger charge is 2.25. The Bertz CT molecular complexity index is 877. The van der Waals surface area contributed by atoms with E-state index in [1.165, 1.54) is 24.4 Å². The number of thioether (sulfide) groups is 1. The van der Waals surface area contributed by atoms with Crippen molar-refractivity contribution in [2.75, 3.05) is 39.8 Å². The molecule has 0 aliphatic carbocycles. The third-order valence-corrected chi connectivity index (χ3v) is 6.24. The van der Waals surface area contributed by atoms with E-state index in [0.717, 1.165) is 24.5 Å². The second-order valence-electron chi connectivity index (χ2n) is 7.19. The monoisotopic (exact) mass is 424 g/mol. The SMILES string of the molecule is COC(=O)C(C)Sc1ccccc1C(=O)N1CCN(C/C=C/c2ccccc2)CC1. The van der Waals surface area contributed by atoms with Crippen molar-refractivity contribution in [2.24, 2.45) is 0 Å². The summed E-state index contributed by atoms with van der Waals surface area (Å²) in [6.45, 7) is 5.75. The molecular weight excluding hydrogens is 396 g/mol. The minimum atomic E-state index is -0.364. The molecule has 158 valence electrons. The standard InChI is InChI=1S/C24H28N2O3S/c1-19(24(28)29-2)30-22-13-7-6-12-21(22)23(27)26-17-15-25(16-18-26)14-8-11-20-9-4-3-5-10-20/h3-13,19H,14-18H2,1-2H3/b11-8+. The average Bonchev–Trinajstić information content (AvgIpc) is 2.79. The van der Waals surface area contributed by atoms with E-state index < -0.39 is 0 Å². The van der Waals surface area contributed by atoms with E-state index in [9.17, 15) is 9.59 Å². The van der Waals surface area contributed by atoms with Crippen LogP contribution in [-0.2, 0) is 9.53 Å². The molecule has 1 heterocycles. The van der Waals surface area contributed by atoms with Crippen molar-refractivity contribution in [1.29, 1.82) is 0 Å². The van der Waals surface area contributed by atoms with Gasteiger partial charge in [0.25, 0.3) is 5.91 Å². The topological polar surface area (TPSA) is 49.9 Å². The molecule has 0 saturated carbocycles. The van der Waals surface area contributed by atoms with E-state index in [2.05, 4.69) is 29.2 Å². The summed E-state index contributed by atoms with van der Waals surface area (Å²) in [5.41, 5.74) is 1.84. The van der Waals surface area contributed by atoms with E-state index in [1.807, 2.05) is 47.4 Å². The highest BCUT2D eigenvalue weighted by molar-refractivity contribution is 8.00.